The minimum atomic E-state index is 0.948. The van der Waals surface area contributed by atoms with Crippen molar-refractivity contribution in [3.8, 4) is 22.8 Å². The molecule has 0 saturated carbocycles. The SMILES string of the molecule is Cc1c2c(cc3ccccc13)Oc1cccc3c(C)c[n+](C)c-2c13. The van der Waals surface area contributed by atoms with Gasteiger partial charge >= 0.3 is 0 Å². The van der Waals surface area contributed by atoms with Crippen molar-refractivity contribution < 1.29 is 9.30 Å². The van der Waals surface area contributed by atoms with Crippen LogP contribution in [0.2, 0.25) is 0 Å². The number of hydrogen-bond acceptors (Lipinski definition) is 1. The fourth-order valence-corrected chi connectivity index (χ4v) is 4.08. The lowest BCUT2D eigenvalue weighted by Gasteiger charge is -2.22. The third kappa shape index (κ3) is 1.63. The zero-order chi connectivity index (χ0) is 16.4. The fraction of sp³-hybridized carbons (Fsp3) is 0.136. The number of ether oxygens (including phenoxy) is 1. The number of fused-ring (bicyclic) bond motifs is 3. The Morgan fingerprint density at radius 3 is 2.54 bits per heavy atom. The number of hydrogen-bond donors (Lipinski definition) is 0. The maximum absolute atomic E-state index is 6.34. The molecule has 116 valence electrons. The molecular formula is C22H18NO+. The molecule has 0 N–H and O–H groups in total. The standard InChI is InChI=1S/C22H18NO/c1-13-12-23(3)22-20-14(2)17-8-5-4-7-15(17)11-19(20)24-18-10-6-9-16(13)21(18)22/h4-12H,1-3H3/q+1. The summed E-state index contributed by atoms with van der Waals surface area (Å²) in [5.74, 6) is 1.90. The van der Waals surface area contributed by atoms with Gasteiger partial charge in [0.2, 0.25) is 5.69 Å². The monoisotopic (exact) mass is 312 g/mol. The zero-order valence-corrected chi connectivity index (χ0v) is 14.1. The minimum Gasteiger partial charge on any atom is -0.456 e. The Hall–Kier alpha value is -2.87. The van der Waals surface area contributed by atoms with Crippen molar-refractivity contribution in [2.75, 3.05) is 0 Å². The fourth-order valence-electron chi connectivity index (χ4n) is 4.08. The molecule has 0 spiro atoms. The molecule has 0 aliphatic carbocycles. The molecule has 1 aliphatic rings. The lowest BCUT2D eigenvalue weighted by Crippen LogP contribution is -2.32. The van der Waals surface area contributed by atoms with Crippen molar-refractivity contribution in [3.05, 3.63) is 65.9 Å². The molecule has 0 saturated heterocycles. The molecule has 0 atom stereocenters. The van der Waals surface area contributed by atoms with Gasteiger partial charge in [-0.2, -0.15) is 4.57 Å². The first-order valence-electron chi connectivity index (χ1n) is 8.27. The van der Waals surface area contributed by atoms with Crippen LogP contribution in [0.5, 0.6) is 11.5 Å². The van der Waals surface area contributed by atoms with E-state index >= 15 is 0 Å². The van der Waals surface area contributed by atoms with Crippen LogP contribution in [-0.2, 0) is 7.05 Å². The third-order valence-electron chi connectivity index (χ3n) is 5.16. The van der Waals surface area contributed by atoms with Gasteiger partial charge in [0.25, 0.3) is 0 Å². The molecule has 0 radical (unpaired) electrons. The number of rotatable bonds is 0. The Bertz CT molecular complexity index is 1160. The van der Waals surface area contributed by atoms with Crippen LogP contribution < -0.4 is 9.30 Å². The Labute approximate surface area is 140 Å². The lowest BCUT2D eigenvalue weighted by atomic mass is 9.91. The van der Waals surface area contributed by atoms with E-state index in [0.717, 1.165) is 11.5 Å². The maximum Gasteiger partial charge on any atom is 0.228 e. The molecule has 2 heteroatoms. The molecule has 2 nitrogen and oxygen atoms in total. The molecule has 1 aromatic heterocycles. The van der Waals surface area contributed by atoms with Gasteiger partial charge in [0.15, 0.2) is 6.20 Å². The van der Waals surface area contributed by atoms with E-state index in [-0.39, 0.29) is 0 Å². The summed E-state index contributed by atoms with van der Waals surface area (Å²) >= 11 is 0. The average Bonchev–Trinajstić information content (AvgIpc) is 2.58. The number of benzene rings is 3. The van der Waals surface area contributed by atoms with Crippen molar-refractivity contribution in [1.82, 2.24) is 0 Å². The molecule has 3 aromatic carbocycles. The van der Waals surface area contributed by atoms with E-state index in [4.69, 9.17) is 4.74 Å². The van der Waals surface area contributed by atoms with Gasteiger partial charge in [0.1, 0.15) is 18.5 Å². The maximum atomic E-state index is 6.34. The van der Waals surface area contributed by atoms with Crippen LogP contribution >= 0.6 is 0 Å². The van der Waals surface area contributed by atoms with Crippen LogP contribution in [0.25, 0.3) is 32.8 Å². The van der Waals surface area contributed by atoms with E-state index in [1.54, 1.807) is 0 Å². The molecule has 0 unspecified atom stereocenters. The van der Waals surface area contributed by atoms with E-state index in [9.17, 15) is 0 Å². The van der Waals surface area contributed by atoms with E-state index in [1.165, 1.54) is 43.9 Å². The Morgan fingerprint density at radius 1 is 0.875 bits per heavy atom. The molecule has 4 aromatic rings. The summed E-state index contributed by atoms with van der Waals surface area (Å²) in [6, 6.07) is 17.0. The van der Waals surface area contributed by atoms with Crippen molar-refractivity contribution >= 4 is 21.5 Å². The normalized spacial score (nSPS) is 12.3. The predicted molar refractivity (Wildman–Crippen MR) is 97.6 cm³/mol. The summed E-state index contributed by atoms with van der Waals surface area (Å²) in [5.41, 5.74) is 5.00. The minimum absolute atomic E-state index is 0.948. The average molecular weight is 312 g/mol. The van der Waals surface area contributed by atoms with Gasteiger partial charge in [-0.15, -0.1) is 0 Å². The van der Waals surface area contributed by atoms with Gasteiger partial charge < -0.3 is 4.74 Å². The van der Waals surface area contributed by atoms with Gasteiger partial charge in [-0.05, 0) is 42.3 Å². The molecule has 2 heterocycles. The van der Waals surface area contributed by atoms with E-state index in [1.807, 2.05) is 0 Å². The van der Waals surface area contributed by atoms with E-state index in [2.05, 4.69) is 80.2 Å². The first kappa shape index (κ1) is 13.6. The molecule has 0 fully saturated rings. The predicted octanol–water partition coefficient (Wildman–Crippen LogP) is 5.21. The smallest absolute Gasteiger partial charge is 0.228 e. The van der Waals surface area contributed by atoms with E-state index in [0.29, 0.717) is 0 Å². The summed E-state index contributed by atoms with van der Waals surface area (Å²) in [7, 11) is 2.13. The highest BCUT2D eigenvalue weighted by Gasteiger charge is 2.30. The number of aromatic nitrogens is 1. The largest absolute Gasteiger partial charge is 0.456 e. The Kier molecular flexibility index (Phi) is 2.58. The van der Waals surface area contributed by atoms with Crippen LogP contribution in [0.4, 0.5) is 0 Å². The molecule has 24 heavy (non-hydrogen) atoms. The van der Waals surface area contributed by atoms with Crippen molar-refractivity contribution in [2.45, 2.75) is 13.8 Å². The van der Waals surface area contributed by atoms with Crippen LogP contribution in [0.3, 0.4) is 0 Å². The second-order valence-corrected chi connectivity index (χ2v) is 6.65. The lowest BCUT2D eigenvalue weighted by molar-refractivity contribution is -0.659. The Balaban J connectivity index is 2.02. The van der Waals surface area contributed by atoms with Crippen molar-refractivity contribution in [2.24, 2.45) is 7.05 Å². The number of nitrogens with zero attached hydrogens (tertiary/aromatic N) is 1. The first-order chi connectivity index (χ1) is 11.6. The summed E-state index contributed by atoms with van der Waals surface area (Å²) in [5, 5.41) is 4.98. The summed E-state index contributed by atoms with van der Waals surface area (Å²) < 4.78 is 8.58. The summed E-state index contributed by atoms with van der Waals surface area (Å²) in [4.78, 5) is 0. The highest BCUT2D eigenvalue weighted by molar-refractivity contribution is 6.05. The second kappa shape index (κ2) is 4.57. The summed E-state index contributed by atoms with van der Waals surface area (Å²) in [6.45, 7) is 4.36. The van der Waals surface area contributed by atoms with Gasteiger partial charge in [-0.25, -0.2) is 0 Å². The van der Waals surface area contributed by atoms with Gasteiger partial charge in [0, 0.05) is 10.9 Å². The van der Waals surface area contributed by atoms with Crippen LogP contribution in [0.1, 0.15) is 11.1 Å². The van der Waals surface area contributed by atoms with Crippen LogP contribution in [-0.4, -0.2) is 0 Å². The van der Waals surface area contributed by atoms with Gasteiger partial charge in [-0.1, -0.05) is 36.4 Å². The molecule has 5 rings (SSSR count). The number of pyridine rings is 1. The Morgan fingerprint density at radius 2 is 1.67 bits per heavy atom. The molecular weight excluding hydrogens is 294 g/mol. The van der Waals surface area contributed by atoms with E-state index < -0.39 is 0 Å². The van der Waals surface area contributed by atoms with Crippen molar-refractivity contribution in [3.63, 3.8) is 0 Å². The topological polar surface area (TPSA) is 13.1 Å². The van der Waals surface area contributed by atoms with Crippen LogP contribution in [0.15, 0.2) is 54.7 Å². The van der Waals surface area contributed by atoms with Crippen LogP contribution in [0, 0.1) is 13.8 Å². The van der Waals surface area contributed by atoms with Crippen molar-refractivity contribution in [1.29, 1.82) is 0 Å². The third-order valence-corrected chi connectivity index (χ3v) is 5.16. The molecule has 1 aliphatic heterocycles. The first-order valence-corrected chi connectivity index (χ1v) is 8.27. The zero-order valence-electron chi connectivity index (χ0n) is 14.1. The summed E-state index contributed by atoms with van der Waals surface area (Å²) in [6.07, 6.45) is 2.21. The quantitative estimate of drug-likeness (QED) is 0.358. The highest BCUT2D eigenvalue weighted by Crippen LogP contribution is 2.48. The molecule has 0 amide bonds. The highest BCUT2D eigenvalue weighted by atomic mass is 16.5. The molecule has 0 bridgehead atoms. The van der Waals surface area contributed by atoms with Gasteiger partial charge in [0.05, 0.1) is 10.9 Å². The number of aryl methyl sites for hydroxylation is 3. The second-order valence-electron chi connectivity index (χ2n) is 6.65. The van der Waals surface area contributed by atoms with Gasteiger partial charge in [-0.3, -0.25) is 0 Å².